The molecule has 2 aromatic rings. The van der Waals surface area contributed by atoms with Crippen molar-refractivity contribution in [2.45, 2.75) is 5.03 Å². The molecule has 1 N–H and O–H groups in total. The van der Waals surface area contributed by atoms with Crippen LogP contribution >= 0.6 is 15.9 Å². The molecule has 6 nitrogen and oxygen atoms in total. The number of methoxy groups -OCH3 is 1. The van der Waals surface area contributed by atoms with Crippen LogP contribution < -0.4 is 4.72 Å². The lowest BCUT2D eigenvalue weighted by Gasteiger charge is -2.09. The van der Waals surface area contributed by atoms with Crippen molar-refractivity contribution in [1.29, 1.82) is 0 Å². The number of esters is 1. The smallest absolute Gasteiger partial charge is 0.343 e. The van der Waals surface area contributed by atoms with Crippen molar-refractivity contribution >= 4 is 37.6 Å². The number of pyridine rings is 1. The van der Waals surface area contributed by atoms with Gasteiger partial charge in [0, 0.05) is 10.7 Å². The van der Waals surface area contributed by atoms with E-state index in [2.05, 4.69) is 25.7 Å². The molecule has 0 unspecified atom stereocenters. The zero-order valence-corrected chi connectivity index (χ0v) is 13.9. The average molecular weight is 407 g/mol. The fourth-order valence-corrected chi connectivity index (χ4v) is 2.86. The van der Waals surface area contributed by atoms with Crippen molar-refractivity contribution in [3.63, 3.8) is 0 Å². The standard InChI is InChI=1S/C13H9BrF2N2O4S/c1-22-13(19)12-9(15)4-8(5-10(12)16)18-23(20,21)11-3-2-7(14)6-17-11/h2-6,18H,1H3. The van der Waals surface area contributed by atoms with E-state index in [4.69, 9.17) is 0 Å². The fourth-order valence-electron chi connectivity index (χ4n) is 1.66. The maximum absolute atomic E-state index is 13.8. The highest BCUT2D eigenvalue weighted by molar-refractivity contribution is 9.10. The van der Waals surface area contributed by atoms with Gasteiger partial charge in [-0.15, -0.1) is 0 Å². The second-order valence-electron chi connectivity index (χ2n) is 4.23. The Kier molecular flexibility index (Phi) is 4.95. The number of benzene rings is 1. The van der Waals surface area contributed by atoms with Crippen LogP contribution in [0.15, 0.2) is 40.0 Å². The SMILES string of the molecule is COC(=O)c1c(F)cc(NS(=O)(=O)c2ccc(Br)cn2)cc1F. The van der Waals surface area contributed by atoms with Crippen LogP contribution in [0.25, 0.3) is 0 Å². The van der Waals surface area contributed by atoms with Crippen LogP contribution in [0.3, 0.4) is 0 Å². The number of anilines is 1. The number of hydrogen-bond acceptors (Lipinski definition) is 5. The number of nitrogens with zero attached hydrogens (tertiary/aromatic N) is 1. The monoisotopic (exact) mass is 406 g/mol. The van der Waals surface area contributed by atoms with E-state index in [-0.39, 0.29) is 5.03 Å². The van der Waals surface area contributed by atoms with Gasteiger partial charge >= 0.3 is 5.97 Å². The van der Waals surface area contributed by atoms with Gasteiger partial charge in [0.2, 0.25) is 0 Å². The number of rotatable bonds is 4. The molecular formula is C13H9BrF2N2O4S. The van der Waals surface area contributed by atoms with Gasteiger partial charge in [-0.2, -0.15) is 8.42 Å². The van der Waals surface area contributed by atoms with Crippen LogP contribution in [0.2, 0.25) is 0 Å². The summed E-state index contributed by atoms with van der Waals surface area (Å²) in [6.45, 7) is 0. The summed E-state index contributed by atoms with van der Waals surface area (Å²) in [5.41, 5.74) is -1.30. The Morgan fingerprint density at radius 1 is 1.26 bits per heavy atom. The van der Waals surface area contributed by atoms with Crippen LogP contribution in [-0.4, -0.2) is 26.5 Å². The largest absolute Gasteiger partial charge is 0.465 e. The number of carbonyl (C=O) groups excluding carboxylic acids is 1. The minimum atomic E-state index is -4.13. The van der Waals surface area contributed by atoms with Crippen LogP contribution in [0, 0.1) is 11.6 Å². The molecule has 0 amide bonds. The molecule has 0 bridgehead atoms. The fraction of sp³-hybridized carbons (Fsp3) is 0.0769. The Balaban J connectivity index is 2.37. The molecule has 0 atom stereocenters. The van der Waals surface area contributed by atoms with Gasteiger partial charge < -0.3 is 4.74 Å². The van der Waals surface area contributed by atoms with Gasteiger partial charge in [-0.05, 0) is 40.2 Å². The molecule has 0 aliphatic rings. The summed E-state index contributed by atoms with van der Waals surface area (Å²) in [5.74, 6) is -3.71. The quantitative estimate of drug-likeness (QED) is 0.788. The molecule has 0 fully saturated rings. The maximum Gasteiger partial charge on any atom is 0.343 e. The third-order valence-electron chi connectivity index (χ3n) is 2.66. The molecule has 1 heterocycles. The molecule has 2 rings (SSSR count). The highest BCUT2D eigenvalue weighted by atomic mass is 79.9. The molecule has 0 spiro atoms. The van der Waals surface area contributed by atoms with Gasteiger partial charge in [-0.1, -0.05) is 0 Å². The van der Waals surface area contributed by atoms with Crippen molar-refractivity contribution in [2.24, 2.45) is 0 Å². The number of nitrogens with one attached hydrogen (secondary N) is 1. The van der Waals surface area contributed by atoms with Gasteiger partial charge in [-0.3, -0.25) is 4.72 Å². The van der Waals surface area contributed by atoms with Gasteiger partial charge in [0.05, 0.1) is 12.8 Å². The van der Waals surface area contributed by atoms with Crippen molar-refractivity contribution in [1.82, 2.24) is 4.98 Å². The third-order valence-corrected chi connectivity index (χ3v) is 4.43. The van der Waals surface area contributed by atoms with E-state index >= 15 is 0 Å². The number of carbonyl (C=O) groups is 1. The maximum atomic E-state index is 13.8. The van der Waals surface area contributed by atoms with Crippen LogP contribution in [0.5, 0.6) is 0 Å². The topological polar surface area (TPSA) is 85.4 Å². The summed E-state index contributed by atoms with van der Waals surface area (Å²) in [4.78, 5) is 14.9. The van der Waals surface area contributed by atoms with E-state index < -0.39 is 38.9 Å². The summed E-state index contributed by atoms with van der Waals surface area (Å²) < 4.78 is 58.5. The predicted octanol–water partition coefficient (Wildman–Crippen LogP) is 2.71. The summed E-state index contributed by atoms with van der Waals surface area (Å²) in [7, 11) is -3.16. The molecule has 10 heteroatoms. The molecule has 0 aliphatic heterocycles. The highest BCUT2D eigenvalue weighted by Crippen LogP contribution is 2.22. The first kappa shape index (κ1) is 17.3. The number of aromatic nitrogens is 1. The molecular weight excluding hydrogens is 398 g/mol. The molecule has 23 heavy (non-hydrogen) atoms. The van der Waals surface area contributed by atoms with Gasteiger partial charge in [0.25, 0.3) is 10.0 Å². The Hall–Kier alpha value is -2.07. The zero-order chi connectivity index (χ0) is 17.2. The van der Waals surface area contributed by atoms with Crippen LogP contribution in [0.1, 0.15) is 10.4 Å². The lowest BCUT2D eigenvalue weighted by molar-refractivity contribution is 0.0590. The number of hydrogen-bond donors (Lipinski definition) is 1. The summed E-state index contributed by atoms with van der Waals surface area (Å²) in [6, 6.07) is 4.00. The number of ether oxygens (including phenoxy) is 1. The van der Waals surface area contributed by atoms with E-state index in [0.29, 0.717) is 16.6 Å². The molecule has 1 aromatic heterocycles. The van der Waals surface area contributed by atoms with E-state index in [1.165, 1.54) is 18.3 Å². The molecule has 0 radical (unpaired) electrons. The van der Waals surface area contributed by atoms with Gasteiger partial charge in [0.1, 0.15) is 17.2 Å². The summed E-state index contributed by atoms with van der Waals surface area (Å²) in [6.07, 6.45) is 1.26. The van der Waals surface area contributed by atoms with E-state index in [0.717, 1.165) is 7.11 Å². The third kappa shape index (κ3) is 3.82. The van der Waals surface area contributed by atoms with E-state index in [1.54, 1.807) is 0 Å². The second kappa shape index (κ2) is 6.59. The first-order valence-electron chi connectivity index (χ1n) is 5.96. The minimum absolute atomic E-state index is 0.335. The van der Waals surface area contributed by atoms with E-state index in [9.17, 15) is 22.0 Å². The Morgan fingerprint density at radius 3 is 2.35 bits per heavy atom. The summed E-state index contributed by atoms with van der Waals surface area (Å²) >= 11 is 3.11. The van der Waals surface area contributed by atoms with Crippen molar-refractivity contribution < 1.29 is 26.7 Å². The van der Waals surface area contributed by atoms with Gasteiger partial charge in [0.15, 0.2) is 5.03 Å². The lowest BCUT2D eigenvalue weighted by Crippen LogP contribution is -2.16. The summed E-state index contributed by atoms with van der Waals surface area (Å²) in [5, 5.41) is -0.335. The minimum Gasteiger partial charge on any atom is -0.465 e. The first-order chi connectivity index (χ1) is 10.7. The Morgan fingerprint density at radius 2 is 1.87 bits per heavy atom. The van der Waals surface area contributed by atoms with Crippen LogP contribution in [-0.2, 0) is 14.8 Å². The average Bonchev–Trinajstić information content (AvgIpc) is 2.46. The lowest BCUT2D eigenvalue weighted by atomic mass is 10.2. The molecule has 122 valence electrons. The molecule has 0 saturated carbocycles. The molecule has 1 aromatic carbocycles. The zero-order valence-electron chi connectivity index (χ0n) is 11.5. The Bertz CT molecular complexity index is 834. The van der Waals surface area contributed by atoms with Crippen molar-refractivity contribution in [3.05, 3.63) is 52.1 Å². The number of sulfonamides is 1. The van der Waals surface area contributed by atoms with E-state index in [1.807, 2.05) is 4.72 Å². The first-order valence-corrected chi connectivity index (χ1v) is 8.24. The predicted molar refractivity (Wildman–Crippen MR) is 80.4 cm³/mol. The Labute approximate surface area is 138 Å². The normalized spacial score (nSPS) is 11.1. The molecule has 0 saturated heterocycles. The van der Waals surface area contributed by atoms with Crippen LogP contribution in [0.4, 0.5) is 14.5 Å². The number of halogens is 3. The molecule has 0 aliphatic carbocycles. The van der Waals surface area contributed by atoms with Gasteiger partial charge in [-0.25, -0.2) is 18.6 Å². The van der Waals surface area contributed by atoms with Crippen molar-refractivity contribution in [2.75, 3.05) is 11.8 Å². The van der Waals surface area contributed by atoms with Crippen molar-refractivity contribution in [3.8, 4) is 0 Å². The second-order valence-corrected chi connectivity index (χ2v) is 6.77. The highest BCUT2D eigenvalue weighted by Gasteiger charge is 2.22.